The molecule has 4 aromatic rings. The first kappa shape index (κ1) is 17.9. The third kappa shape index (κ3) is 3.62. The molecule has 1 aliphatic heterocycles. The van der Waals surface area contributed by atoms with E-state index in [-0.39, 0.29) is 18.5 Å². The molecule has 0 fully saturated rings. The Balaban J connectivity index is 1.39. The van der Waals surface area contributed by atoms with Crippen LogP contribution in [0.4, 0.5) is 0 Å². The van der Waals surface area contributed by atoms with Gasteiger partial charge in [-0.1, -0.05) is 42.5 Å². The van der Waals surface area contributed by atoms with Gasteiger partial charge in [-0.3, -0.25) is 4.79 Å². The third-order valence-electron chi connectivity index (χ3n) is 4.60. The first-order chi connectivity index (χ1) is 14.3. The number of nitrogens with zero attached hydrogens (tertiary/aromatic N) is 6. The van der Waals surface area contributed by atoms with Gasteiger partial charge >= 0.3 is 0 Å². The van der Waals surface area contributed by atoms with Crippen LogP contribution < -0.4 is 0 Å². The van der Waals surface area contributed by atoms with Crippen molar-refractivity contribution in [2.45, 2.75) is 19.0 Å². The molecule has 0 saturated heterocycles. The Morgan fingerprint density at radius 2 is 1.86 bits per heavy atom. The second-order valence-corrected chi connectivity index (χ2v) is 8.43. The number of aromatic nitrogens is 4. The Morgan fingerprint density at radius 1 is 1.03 bits per heavy atom. The van der Waals surface area contributed by atoms with Gasteiger partial charge in [-0.05, 0) is 28.1 Å². The maximum atomic E-state index is 13.1. The molecule has 4 heterocycles. The maximum absolute atomic E-state index is 13.1. The average molecular weight is 421 g/mol. The highest BCUT2D eigenvalue weighted by atomic mass is 32.1. The molecule has 1 aliphatic rings. The highest BCUT2D eigenvalue weighted by Crippen LogP contribution is 2.36. The van der Waals surface area contributed by atoms with Gasteiger partial charge < -0.3 is 0 Å². The van der Waals surface area contributed by atoms with Crippen LogP contribution in [0.1, 0.15) is 22.2 Å². The summed E-state index contributed by atoms with van der Waals surface area (Å²) in [7, 11) is 0. The van der Waals surface area contributed by atoms with E-state index in [0.717, 1.165) is 21.0 Å². The quantitative estimate of drug-likeness (QED) is 0.492. The van der Waals surface area contributed by atoms with Gasteiger partial charge in [0.1, 0.15) is 6.54 Å². The standard InChI is InChI=1S/C20H16N6OS2/c27-19(13-25-23-20(21-24-25)14-6-2-1-3-7-14)26-16(18-9-5-11-29-18)12-15(22-26)17-8-4-10-28-17/h1-11,16H,12-13H2/t16-/m0/s1. The first-order valence-electron chi connectivity index (χ1n) is 9.08. The lowest BCUT2D eigenvalue weighted by molar-refractivity contribution is -0.134. The van der Waals surface area contributed by atoms with E-state index in [9.17, 15) is 4.79 Å². The van der Waals surface area contributed by atoms with Crippen molar-refractivity contribution in [3.05, 3.63) is 75.1 Å². The van der Waals surface area contributed by atoms with Crippen molar-refractivity contribution >= 4 is 34.3 Å². The number of hydrogen-bond acceptors (Lipinski definition) is 7. The van der Waals surface area contributed by atoms with E-state index >= 15 is 0 Å². The number of tetrazole rings is 1. The molecule has 5 rings (SSSR count). The maximum Gasteiger partial charge on any atom is 0.266 e. The Kier molecular flexibility index (Phi) is 4.74. The van der Waals surface area contributed by atoms with E-state index in [2.05, 4.69) is 20.5 Å². The van der Waals surface area contributed by atoms with Gasteiger partial charge in [-0.2, -0.15) is 9.90 Å². The van der Waals surface area contributed by atoms with E-state index in [0.29, 0.717) is 12.2 Å². The Labute approximate surface area is 174 Å². The van der Waals surface area contributed by atoms with Crippen LogP contribution in [0.2, 0.25) is 0 Å². The monoisotopic (exact) mass is 420 g/mol. The third-order valence-corrected chi connectivity index (χ3v) is 6.50. The van der Waals surface area contributed by atoms with Crippen LogP contribution in [0.15, 0.2) is 70.5 Å². The predicted molar refractivity (Wildman–Crippen MR) is 113 cm³/mol. The van der Waals surface area contributed by atoms with Crippen molar-refractivity contribution in [3.63, 3.8) is 0 Å². The van der Waals surface area contributed by atoms with Gasteiger partial charge in [0, 0.05) is 16.9 Å². The van der Waals surface area contributed by atoms with Crippen molar-refractivity contribution in [1.82, 2.24) is 25.2 Å². The number of thiophene rings is 2. The number of benzene rings is 1. The molecule has 7 nitrogen and oxygen atoms in total. The molecule has 1 amide bonds. The van der Waals surface area contributed by atoms with Gasteiger partial charge in [-0.25, -0.2) is 5.01 Å². The van der Waals surface area contributed by atoms with Crippen LogP contribution in [-0.2, 0) is 11.3 Å². The highest BCUT2D eigenvalue weighted by Gasteiger charge is 2.34. The zero-order chi connectivity index (χ0) is 19.6. The molecule has 0 aliphatic carbocycles. The summed E-state index contributed by atoms with van der Waals surface area (Å²) in [5, 5.41) is 22.7. The van der Waals surface area contributed by atoms with E-state index in [1.54, 1.807) is 27.7 Å². The predicted octanol–water partition coefficient (Wildman–Crippen LogP) is 3.84. The molecule has 9 heteroatoms. The highest BCUT2D eigenvalue weighted by molar-refractivity contribution is 7.12. The van der Waals surface area contributed by atoms with Crippen molar-refractivity contribution < 1.29 is 4.79 Å². The lowest BCUT2D eigenvalue weighted by atomic mass is 10.1. The summed E-state index contributed by atoms with van der Waals surface area (Å²) in [6.45, 7) is -0.0110. The number of amides is 1. The normalized spacial score (nSPS) is 16.2. The van der Waals surface area contributed by atoms with Gasteiger partial charge in [0.05, 0.1) is 16.6 Å². The summed E-state index contributed by atoms with van der Waals surface area (Å²) < 4.78 is 0. The van der Waals surface area contributed by atoms with Crippen LogP contribution >= 0.6 is 22.7 Å². The molecule has 0 spiro atoms. The molecule has 0 unspecified atom stereocenters. The summed E-state index contributed by atoms with van der Waals surface area (Å²) in [5.74, 6) is 0.337. The van der Waals surface area contributed by atoms with E-state index < -0.39 is 0 Å². The van der Waals surface area contributed by atoms with Gasteiger partial charge in [0.2, 0.25) is 5.82 Å². The fraction of sp³-hybridized carbons (Fsp3) is 0.150. The summed E-state index contributed by atoms with van der Waals surface area (Å²) in [4.78, 5) is 16.6. The number of rotatable bonds is 5. The number of carbonyl (C=O) groups is 1. The molecule has 29 heavy (non-hydrogen) atoms. The fourth-order valence-electron chi connectivity index (χ4n) is 3.24. The second kappa shape index (κ2) is 7.69. The number of carbonyl (C=O) groups excluding carboxylic acids is 1. The Bertz CT molecular complexity index is 1140. The summed E-state index contributed by atoms with van der Waals surface area (Å²) >= 11 is 3.27. The second-order valence-electron chi connectivity index (χ2n) is 6.51. The molecular weight excluding hydrogens is 404 g/mol. The zero-order valence-electron chi connectivity index (χ0n) is 15.3. The smallest absolute Gasteiger partial charge is 0.266 e. The van der Waals surface area contributed by atoms with Crippen LogP contribution in [0.3, 0.4) is 0 Å². The molecule has 1 atom stereocenters. The molecule has 0 bridgehead atoms. The van der Waals surface area contributed by atoms with E-state index in [1.807, 2.05) is 65.4 Å². The molecular formula is C20H16N6OS2. The van der Waals surface area contributed by atoms with Crippen LogP contribution in [0, 0.1) is 0 Å². The summed E-state index contributed by atoms with van der Waals surface area (Å²) in [5.41, 5.74) is 1.80. The minimum atomic E-state index is -0.160. The van der Waals surface area contributed by atoms with Gasteiger partial charge in [0.15, 0.2) is 0 Å². The van der Waals surface area contributed by atoms with Crippen molar-refractivity contribution in [1.29, 1.82) is 0 Å². The van der Waals surface area contributed by atoms with Crippen molar-refractivity contribution in [2.24, 2.45) is 5.10 Å². The van der Waals surface area contributed by atoms with E-state index in [4.69, 9.17) is 0 Å². The molecule has 0 radical (unpaired) electrons. The van der Waals surface area contributed by atoms with Crippen LogP contribution in [0.5, 0.6) is 0 Å². The zero-order valence-corrected chi connectivity index (χ0v) is 16.9. The molecule has 0 N–H and O–H groups in total. The van der Waals surface area contributed by atoms with Crippen molar-refractivity contribution in [3.8, 4) is 11.4 Å². The number of hydrazone groups is 1. The lowest BCUT2D eigenvalue weighted by Crippen LogP contribution is -2.30. The average Bonchev–Trinajstić information content (AvgIpc) is 3.55. The fourth-order valence-corrected chi connectivity index (χ4v) is 4.77. The topological polar surface area (TPSA) is 76.3 Å². The van der Waals surface area contributed by atoms with Gasteiger partial charge in [-0.15, -0.1) is 32.9 Å². The largest absolute Gasteiger partial charge is 0.271 e. The van der Waals surface area contributed by atoms with E-state index in [1.165, 1.54) is 4.80 Å². The Hall–Kier alpha value is -3.17. The Morgan fingerprint density at radius 3 is 2.62 bits per heavy atom. The summed E-state index contributed by atoms with van der Waals surface area (Å²) in [6.07, 6.45) is 0.701. The first-order valence-corrected chi connectivity index (χ1v) is 10.8. The molecule has 144 valence electrons. The molecule has 0 saturated carbocycles. The molecule has 3 aromatic heterocycles. The number of hydrogen-bond donors (Lipinski definition) is 0. The minimum Gasteiger partial charge on any atom is -0.271 e. The summed E-state index contributed by atoms with van der Waals surface area (Å²) in [6, 6.07) is 17.6. The van der Waals surface area contributed by atoms with Crippen LogP contribution in [0.25, 0.3) is 11.4 Å². The SMILES string of the molecule is O=C(Cn1nnc(-c2ccccc2)n1)N1N=C(c2cccs2)C[C@H]1c1cccs1. The van der Waals surface area contributed by atoms with Gasteiger partial charge in [0.25, 0.3) is 5.91 Å². The van der Waals surface area contributed by atoms with Crippen molar-refractivity contribution in [2.75, 3.05) is 0 Å². The lowest BCUT2D eigenvalue weighted by Gasteiger charge is -2.20. The minimum absolute atomic E-state index is 0.0110. The molecule has 1 aromatic carbocycles. The van der Waals surface area contributed by atoms with Crippen LogP contribution in [-0.4, -0.2) is 36.8 Å².